The number of methoxy groups -OCH3 is 1. The fourth-order valence-electron chi connectivity index (χ4n) is 3.06. The topological polar surface area (TPSA) is 73.2 Å². The number of hydrogen-bond donors (Lipinski definition) is 1. The number of nitrogens with one attached hydrogen (secondary N) is 1. The van der Waals surface area contributed by atoms with E-state index in [0.29, 0.717) is 38.2 Å². The zero-order valence-corrected chi connectivity index (χ0v) is 18.1. The Hall–Kier alpha value is -3.29. The second-order valence-electron chi connectivity index (χ2n) is 6.60. The smallest absolute Gasteiger partial charge is 0.266 e. The lowest BCUT2D eigenvalue weighted by atomic mass is 10.2. The molecule has 156 valence electrons. The molecule has 0 radical (unpaired) electrons. The number of nitrogens with zero attached hydrogens (tertiary/aromatic N) is 2. The van der Waals surface area contributed by atoms with Crippen LogP contribution in [0.25, 0.3) is 16.6 Å². The van der Waals surface area contributed by atoms with E-state index in [1.54, 1.807) is 73.8 Å². The van der Waals surface area contributed by atoms with Crippen molar-refractivity contribution in [3.63, 3.8) is 0 Å². The molecule has 1 amide bonds. The molecule has 0 spiro atoms. The van der Waals surface area contributed by atoms with E-state index in [2.05, 4.69) is 10.3 Å². The molecule has 0 atom stereocenters. The molecule has 8 heteroatoms. The molecule has 4 aromatic rings. The highest BCUT2D eigenvalue weighted by Gasteiger charge is 2.15. The average Bonchev–Trinajstić information content (AvgIpc) is 2.78. The minimum absolute atomic E-state index is 0.0768. The maximum absolute atomic E-state index is 13.2. The number of thioether (sulfide) groups is 1. The van der Waals surface area contributed by atoms with E-state index in [-0.39, 0.29) is 17.2 Å². The first kappa shape index (κ1) is 21.0. The van der Waals surface area contributed by atoms with Crippen molar-refractivity contribution < 1.29 is 9.53 Å². The summed E-state index contributed by atoms with van der Waals surface area (Å²) in [5.41, 5.74) is 1.63. The number of ether oxygens (including phenoxy) is 1. The number of halogens is 1. The molecule has 1 aromatic heterocycles. The summed E-state index contributed by atoms with van der Waals surface area (Å²) in [5, 5.41) is 4.27. The molecule has 31 heavy (non-hydrogen) atoms. The number of benzene rings is 3. The van der Waals surface area contributed by atoms with Gasteiger partial charge in [-0.25, -0.2) is 4.98 Å². The molecule has 3 aromatic carbocycles. The molecular weight excluding hydrogens is 434 g/mol. The van der Waals surface area contributed by atoms with E-state index in [1.807, 2.05) is 6.07 Å². The van der Waals surface area contributed by atoms with Crippen molar-refractivity contribution in [2.24, 2.45) is 0 Å². The first-order valence-corrected chi connectivity index (χ1v) is 10.8. The van der Waals surface area contributed by atoms with Crippen LogP contribution in [0, 0.1) is 0 Å². The highest BCUT2D eigenvalue weighted by Crippen LogP contribution is 2.23. The van der Waals surface area contributed by atoms with E-state index in [0.717, 1.165) is 0 Å². The third-order valence-corrected chi connectivity index (χ3v) is 5.69. The Bertz CT molecular complexity index is 1310. The highest BCUT2D eigenvalue weighted by atomic mass is 35.5. The lowest BCUT2D eigenvalue weighted by Gasteiger charge is -2.13. The summed E-state index contributed by atoms with van der Waals surface area (Å²) in [7, 11) is 1.58. The first-order chi connectivity index (χ1) is 15.0. The third kappa shape index (κ3) is 4.73. The van der Waals surface area contributed by atoms with Crippen molar-refractivity contribution in [3.8, 4) is 11.4 Å². The second-order valence-corrected chi connectivity index (χ2v) is 7.98. The van der Waals surface area contributed by atoms with Crippen LogP contribution in [-0.4, -0.2) is 28.3 Å². The molecule has 0 aliphatic heterocycles. The normalized spacial score (nSPS) is 10.8. The van der Waals surface area contributed by atoms with Gasteiger partial charge in [-0.3, -0.25) is 14.2 Å². The van der Waals surface area contributed by atoms with Crippen LogP contribution in [0.3, 0.4) is 0 Å². The number of anilines is 1. The van der Waals surface area contributed by atoms with Crippen LogP contribution in [0.15, 0.2) is 82.7 Å². The number of hydrogen-bond acceptors (Lipinski definition) is 5. The van der Waals surface area contributed by atoms with Gasteiger partial charge in [0.15, 0.2) is 5.16 Å². The molecule has 0 unspecified atom stereocenters. The monoisotopic (exact) mass is 451 g/mol. The average molecular weight is 452 g/mol. The largest absolute Gasteiger partial charge is 0.497 e. The Morgan fingerprint density at radius 1 is 1.10 bits per heavy atom. The van der Waals surface area contributed by atoms with Gasteiger partial charge >= 0.3 is 0 Å². The standard InChI is InChI=1S/C23H18ClN3O3S/c1-30-18-11-9-17(10-12-18)27-22(29)19-7-2-3-8-20(19)26-23(27)31-14-21(28)25-16-6-4-5-15(24)13-16/h2-13H,14H2,1H3,(H,25,28). The van der Waals surface area contributed by atoms with Crippen LogP contribution in [0.2, 0.25) is 5.02 Å². The Labute approximate surface area is 187 Å². The van der Waals surface area contributed by atoms with Crippen molar-refractivity contribution in [2.45, 2.75) is 5.16 Å². The third-order valence-electron chi connectivity index (χ3n) is 4.52. The number of rotatable bonds is 6. The van der Waals surface area contributed by atoms with Gasteiger partial charge in [0.25, 0.3) is 5.56 Å². The lowest BCUT2D eigenvalue weighted by Crippen LogP contribution is -2.23. The van der Waals surface area contributed by atoms with Gasteiger partial charge < -0.3 is 10.1 Å². The zero-order chi connectivity index (χ0) is 21.8. The van der Waals surface area contributed by atoms with Gasteiger partial charge in [0.05, 0.1) is 29.5 Å². The fraction of sp³-hybridized carbons (Fsp3) is 0.0870. The van der Waals surface area contributed by atoms with Crippen LogP contribution in [0.1, 0.15) is 0 Å². The van der Waals surface area contributed by atoms with Gasteiger partial charge in [0, 0.05) is 10.7 Å². The Morgan fingerprint density at radius 3 is 2.61 bits per heavy atom. The van der Waals surface area contributed by atoms with Gasteiger partial charge in [0.2, 0.25) is 5.91 Å². The van der Waals surface area contributed by atoms with E-state index in [9.17, 15) is 9.59 Å². The number of aromatic nitrogens is 2. The van der Waals surface area contributed by atoms with Crippen LogP contribution in [0.4, 0.5) is 5.69 Å². The predicted octanol–water partition coefficient (Wildman–Crippen LogP) is 4.78. The van der Waals surface area contributed by atoms with E-state index in [4.69, 9.17) is 16.3 Å². The minimum Gasteiger partial charge on any atom is -0.497 e. The Balaban J connectivity index is 1.67. The van der Waals surface area contributed by atoms with Gasteiger partial charge in [0.1, 0.15) is 5.75 Å². The summed E-state index contributed by atoms with van der Waals surface area (Å²) in [4.78, 5) is 30.4. The number of para-hydroxylation sites is 1. The van der Waals surface area contributed by atoms with E-state index >= 15 is 0 Å². The quantitative estimate of drug-likeness (QED) is 0.337. The predicted molar refractivity (Wildman–Crippen MR) is 125 cm³/mol. The Kier molecular flexibility index (Phi) is 6.25. The fourth-order valence-corrected chi connectivity index (χ4v) is 4.06. The van der Waals surface area contributed by atoms with Gasteiger partial charge in [-0.1, -0.05) is 41.6 Å². The van der Waals surface area contributed by atoms with E-state index in [1.165, 1.54) is 16.3 Å². The van der Waals surface area contributed by atoms with Gasteiger partial charge in [-0.05, 0) is 54.6 Å². The zero-order valence-electron chi connectivity index (χ0n) is 16.5. The maximum Gasteiger partial charge on any atom is 0.266 e. The Morgan fingerprint density at radius 2 is 1.87 bits per heavy atom. The summed E-state index contributed by atoms with van der Waals surface area (Å²) in [5.74, 6) is 0.532. The summed E-state index contributed by atoms with van der Waals surface area (Å²) in [6.07, 6.45) is 0. The lowest BCUT2D eigenvalue weighted by molar-refractivity contribution is -0.113. The maximum atomic E-state index is 13.2. The number of amides is 1. The summed E-state index contributed by atoms with van der Waals surface area (Å²) in [6, 6.07) is 21.2. The van der Waals surface area contributed by atoms with Crippen LogP contribution < -0.4 is 15.6 Å². The SMILES string of the molecule is COc1ccc(-n2c(SCC(=O)Nc3cccc(Cl)c3)nc3ccccc3c2=O)cc1. The molecule has 1 N–H and O–H groups in total. The van der Waals surface area contributed by atoms with Crippen LogP contribution >= 0.6 is 23.4 Å². The van der Waals surface area contributed by atoms with Crippen molar-refractivity contribution in [2.75, 3.05) is 18.2 Å². The summed E-state index contributed by atoms with van der Waals surface area (Å²) >= 11 is 7.16. The van der Waals surface area contributed by atoms with Crippen LogP contribution in [0.5, 0.6) is 5.75 Å². The number of carbonyl (C=O) groups is 1. The minimum atomic E-state index is -0.226. The molecule has 0 bridgehead atoms. The molecule has 0 aliphatic rings. The summed E-state index contributed by atoms with van der Waals surface area (Å²) < 4.78 is 6.72. The van der Waals surface area contributed by atoms with Crippen molar-refractivity contribution >= 4 is 45.9 Å². The molecular formula is C23H18ClN3O3S. The molecule has 0 aliphatic carbocycles. The number of fused-ring (bicyclic) bond motifs is 1. The molecule has 6 nitrogen and oxygen atoms in total. The van der Waals surface area contributed by atoms with Crippen molar-refractivity contribution in [3.05, 3.63) is 88.2 Å². The molecule has 1 heterocycles. The molecule has 0 fully saturated rings. The first-order valence-electron chi connectivity index (χ1n) is 9.39. The van der Waals surface area contributed by atoms with Gasteiger partial charge in [-0.15, -0.1) is 0 Å². The highest BCUT2D eigenvalue weighted by molar-refractivity contribution is 7.99. The van der Waals surface area contributed by atoms with Gasteiger partial charge in [-0.2, -0.15) is 0 Å². The second kappa shape index (κ2) is 9.24. The summed E-state index contributed by atoms with van der Waals surface area (Å²) in [6.45, 7) is 0. The van der Waals surface area contributed by atoms with Crippen LogP contribution in [-0.2, 0) is 4.79 Å². The molecule has 4 rings (SSSR count). The molecule has 0 saturated carbocycles. The van der Waals surface area contributed by atoms with Crippen molar-refractivity contribution in [1.82, 2.24) is 9.55 Å². The van der Waals surface area contributed by atoms with Crippen molar-refractivity contribution in [1.29, 1.82) is 0 Å². The van der Waals surface area contributed by atoms with E-state index < -0.39 is 0 Å². The number of carbonyl (C=O) groups excluding carboxylic acids is 1. The molecule has 0 saturated heterocycles.